The first-order chi connectivity index (χ1) is 13.1. The fraction of sp³-hybridized carbons (Fsp3) is 0.381. The Morgan fingerprint density at radius 3 is 2.74 bits per heavy atom. The van der Waals surface area contributed by atoms with Crippen molar-refractivity contribution in [2.24, 2.45) is 5.92 Å². The molecule has 1 heterocycles. The van der Waals surface area contributed by atoms with Gasteiger partial charge in [0.15, 0.2) is 0 Å². The van der Waals surface area contributed by atoms with E-state index in [0.29, 0.717) is 13.2 Å². The van der Waals surface area contributed by atoms with Gasteiger partial charge < -0.3 is 19.5 Å². The van der Waals surface area contributed by atoms with Crippen molar-refractivity contribution in [1.82, 2.24) is 5.32 Å². The van der Waals surface area contributed by atoms with Gasteiger partial charge in [-0.3, -0.25) is 4.79 Å². The van der Waals surface area contributed by atoms with E-state index >= 15 is 0 Å². The average molecular weight is 432 g/mol. The van der Waals surface area contributed by atoms with E-state index in [1.165, 1.54) is 0 Å². The lowest BCUT2D eigenvalue weighted by molar-refractivity contribution is -0.124. The predicted molar refractivity (Wildman–Crippen MR) is 105 cm³/mol. The third-order valence-electron chi connectivity index (χ3n) is 5.11. The fourth-order valence-corrected chi connectivity index (χ4v) is 4.41. The Morgan fingerprint density at radius 2 is 2.04 bits per heavy atom. The number of methoxy groups -OCH3 is 1. The minimum absolute atomic E-state index is 0.00216. The van der Waals surface area contributed by atoms with E-state index in [2.05, 4.69) is 21.2 Å². The van der Waals surface area contributed by atoms with E-state index < -0.39 is 0 Å². The van der Waals surface area contributed by atoms with Crippen LogP contribution in [0.4, 0.5) is 0 Å². The van der Waals surface area contributed by atoms with Gasteiger partial charge in [-0.15, -0.1) is 0 Å². The molecule has 142 valence electrons. The molecule has 1 N–H and O–H groups in total. The summed E-state index contributed by atoms with van der Waals surface area (Å²) in [4.78, 5) is 12.9. The molecule has 27 heavy (non-hydrogen) atoms. The van der Waals surface area contributed by atoms with Crippen molar-refractivity contribution >= 4 is 21.8 Å². The Bertz CT molecular complexity index is 839. The Morgan fingerprint density at radius 1 is 1.26 bits per heavy atom. The smallest absolute Gasteiger partial charge is 0.228 e. The van der Waals surface area contributed by atoms with E-state index in [1.54, 1.807) is 7.11 Å². The lowest BCUT2D eigenvalue weighted by atomic mass is 10.1. The fourth-order valence-electron chi connectivity index (χ4n) is 3.79. The van der Waals surface area contributed by atoms with Crippen molar-refractivity contribution in [3.8, 4) is 11.5 Å². The molecule has 0 bridgehead atoms. The van der Waals surface area contributed by atoms with Crippen LogP contribution in [0.3, 0.4) is 0 Å². The number of carbonyl (C=O) groups excluding carboxylic acids is 1. The van der Waals surface area contributed by atoms with E-state index in [-0.39, 0.29) is 29.9 Å². The number of nitrogens with one attached hydrogen (secondary N) is 1. The van der Waals surface area contributed by atoms with E-state index in [1.807, 2.05) is 49.4 Å². The van der Waals surface area contributed by atoms with Crippen LogP contribution in [0.1, 0.15) is 30.0 Å². The van der Waals surface area contributed by atoms with Crippen LogP contribution in [0.25, 0.3) is 0 Å². The number of rotatable bonds is 7. The van der Waals surface area contributed by atoms with Gasteiger partial charge in [-0.1, -0.05) is 34.1 Å². The van der Waals surface area contributed by atoms with Crippen LogP contribution in [0, 0.1) is 5.92 Å². The molecule has 0 spiro atoms. The number of halogens is 1. The lowest BCUT2D eigenvalue weighted by Gasteiger charge is -2.19. The molecule has 5 nitrogen and oxygen atoms in total. The van der Waals surface area contributed by atoms with Gasteiger partial charge in [0.2, 0.25) is 5.91 Å². The summed E-state index contributed by atoms with van der Waals surface area (Å²) in [7, 11) is 1.63. The summed E-state index contributed by atoms with van der Waals surface area (Å²) in [6.07, 6.45) is -0.0674. The van der Waals surface area contributed by atoms with Crippen LogP contribution < -0.4 is 14.8 Å². The Labute approximate surface area is 167 Å². The number of ether oxygens (including phenoxy) is 3. The highest BCUT2D eigenvalue weighted by Crippen LogP contribution is 2.60. The van der Waals surface area contributed by atoms with Crippen molar-refractivity contribution in [2.75, 3.05) is 20.3 Å². The van der Waals surface area contributed by atoms with Crippen molar-refractivity contribution in [1.29, 1.82) is 0 Å². The summed E-state index contributed by atoms with van der Waals surface area (Å²) in [5, 5.41) is 3.13. The molecule has 4 rings (SSSR count). The Kier molecular flexibility index (Phi) is 5.10. The number of amides is 1. The minimum atomic E-state index is -0.210. The number of hydrogen-bond acceptors (Lipinski definition) is 4. The molecular weight excluding hydrogens is 410 g/mol. The Balaban J connectivity index is 1.46. The van der Waals surface area contributed by atoms with Gasteiger partial charge in [0.25, 0.3) is 0 Å². The molecule has 1 fully saturated rings. The molecule has 0 radical (unpaired) electrons. The second-order valence-electron chi connectivity index (χ2n) is 6.80. The van der Waals surface area contributed by atoms with Crippen molar-refractivity contribution in [3.05, 3.63) is 58.1 Å². The summed E-state index contributed by atoms with van der Waals surface area (Å²) in [5.41, 5.74) is 2.09. The first-order valence-electron chi connectivity index (χ1n) is 9.11. The van der Waals surface area contributed by atoms with Gasteiger partial charge in [-0.05, 0) is 36.8 Å². The van der Waals surface area contributed by atoms with Gasteiger partial charge in [-0.2, -0.15) is 0 Å². The highest BCUT2D eigenvalue weighted by atomic mass is 79.9. The molecule has 6 heteroatoms. The average Bonchev–Trinajstić information content (AvgIpc) is 3.22. The van der Waals surface area contributed by atoms with Gasteiger partial charge >= 0.3 is 0 Å². The van der Waals surface area contributed by atoms with E-state index in [4.69, 9.17) is 14.2 Å². The van der Waals surface area contributed by atoms with Crippen LogP contribution in [0.2, 0.25) is 0 Å². The van der Waals surface area contributed by atoms with Crippen LogP contribution in [-0.2, 0) is 9.53 Å². The first kappa shape index (κ1) is 18.3. The molecule has 2 aliphatic rings. The van der Waals surface area contributed by atoms with Crippen LogP contribution >= 0.6 is 15.9 Å². The Hall–Kier alpha value is -2.05. The maximum Gasteiger partial charge on any atom is 0.228 e. The first-order valence-corrected chi connectivity index (χ1v) is 9.90. The zero-order valence-electron chi connectivity index (χ0n) is 15.3. The molecule has 1 saturated carbocycles. The summed E-state index contributed by atoms with van der Waals surface area (Å²) < 4.78 is 17.8. The number of carbonyl (C=O) groups is 1. The number of hydrogen-bond donors (Lipinski definition) is 1. The van der Waals surface area contributed by atoms with Gasteiger partial charge in [0.05, 0.1) is 25.2 Å². The molecule has 0 saturated heterocycles. The van der Waals surface area contributed by atoms with Gasteiger partial charge in [-0.25, -0.2) is 0 Å². The van der Waals surface area contributed by atoms with Crippen LogP contribution in [-0.4, -0.2) is 32.3 Å². The summed E-state index contributed by atoms with van der Waals surface area (Å²) in [5.74, 6) is 1.67. The highest BCUT2D eigenvalue weighted by molar-refractivity contribution is 9.10. The van der Waals surface area contributed by atoms with Crippen molar-refractivity contribution in [3.63, 3.8) is 0 Å². The van der Waals surface area contributed by atoms with E-state index in [9.17, 15) is 4.79 Å². The monoisotopic (exact) mass is 431 g/mol. The summed E-state index contributed by atoms with van der Waals surface area (Å²) in [6.45, 7) is 2.98. The molecule has 1 amide bonds. The van der Waals surface area contributed by atoms with Gasteiger partial charge in [0, 0.05) is 23.1 Å². The molecule has 0 aromatic heterocycles. The third-order valence-corrected chi connectivity index (χ3v) is 5.80. The van der Waals surface area contributed by atoms with E-state index in [0.717, 1.165) is 27.1 Å². The molecule has 2 unspecified atom stereocenters. The standard InChI is InChI=1S/C21H22BrNO4/c1-3-26-13-9-7-12(8-10-13)15(11-25-2)23-21(24)19-18-17-14(22)5-4-6-16(17)27-20(18)19/h4-10,15,18-20H,3,11H2,1-2H3,(H,23,24)/t15-,18?,19-,20?/m0/s1. The largest absolute Gasteiger partial charge is 0.494 e. The summed E-state index contributed by atoms with van der Waals surface area (Å²) in [6, 6.07) is 13.4. The lowest BCUT2D eigenvalue weighted by Crippen LogP contribution is -2.34. The molecule has 4 atom stereocenters. The van der Waals surface area contributed by atoms with Gasteiger partial charge in [0.1, 0.15) is 17.6 Å². The second-order valence-corrected chi connectivity index (χ2v) is 7.66. The molecule has 1 aliphatic heterocycles. The molecular formula is C21H22BrNO4. The van der Waals surface area contributed by atoms with Crippen molar-refractivity contribution in [2.45, 2.75) is 25.0 Å². The zero-order valence-corrected chi connectivity index (χ0v) is 16.9. The normalized spacial score (nSPS) is 23.0. The quantitative estimate of drug-likeness (QED) is 0.723. The van der Waals surface area contributed by atoms with Crippen LogP contribution in [0.5, 0.6) is 11.5 Å². The minimum Gasteiger partial charge on any atom is -0.494 e. The maximum atomic E-state index is 12.9. The summed E-state index contributed by atoms with van der Waals surface area (Å²) >= 11 is 3.58. The molecule has 2 aromatic rings. The topological polar surface area (TPSA) is 56.8 Å². The van der Waals surface area contributed by atoms with Crippen molar-refractivity contribution < 1.29 is 19.0 Å². The zero-order chi connectivity index (χ0) is 19.0. The molecule has 1 aliphatic carbocycles. The second kappa shape index (κ2) is 7.52. The number of benzene rings is 2. The highest BCUT2D eigenvalue weighted by Gasteiger charge is 2.63. The SMILES string of the molecule is CCOc1ccc([C@H](COC)NC(=O)[C@@H]2C3Oc4cccc(Br)c4C32)cc1. The predicted octanol–water partition coefficient (Wildman–Crippen LogP) is 3.83. The maximum absolute atomic E-state index is 12.9. The van der Waals surface area contributed by atoms with Crippen LogP contribution in [0.15, 0.2) is 46.9 Å². The third kappa shape index (κ3) is 3.44. The number of fused-ring (bicyclic) bond motifs is 3. The molecule has 2 aromatic carbocycles.